The standard InChI is InChI=1S/C13H20N2O4/c1-3-13(17-2,12(15)16)19-11-6-4-10(5-7-11)18-9-8-14/h4-7H,3,8-9,14H2,1-2H3,(H2,15,16). The number of carbonyl (C=O) groups is 1. The molecule has 0 aliphatic heterocycles. The van der Waals surface area contributed by atoms with Gasteiger partial charge >= 0.3 is 0 Å². The monoisotopic (exact) mass is 268 g/mol. The van der Waals surface area contributed by atoms with E-state index in [0.717, 1.165) is 0 Å². The molecule has 1 aromatic rings. The summed E-state index contributed by atoms with van der Waals surface area (Å²) in [5.41, 5.74) is 10.6. The first kappa shape index (κ1) is 15.3. The fourth-order valence-corrected chi connectivity index (χ4v) is 1.55. The summed E-state index contributed by atoms with van der Waals surface area (Å²) < 4.78 is 16.0. The van der Waals surface area contributed by atoms with Crippen LogP contribution < -0.4 is 20.9 Å². The van der Waals surface area contributed by atoms with Gasteiger partial charge in [0.2, 0.25) is 0 Å². The summed E-state index contributed by atoms with van der Waals surface area (Å²) in [6, 6.07) is 6.81. The van der Waals surface area contributed by atoms with Gasteiger partial charge in [-0.3, -0.25) is 4.79 Å². The predicted octanol–water partition coefficient (Wildman–Crippen LogP) is 0.641. The van der Waals surface area contributed by atoms with Crippen LogP contribution in [0.4, 0.5) is 0 Å². The molecule has 1 unspecified atom stereocenters. The van der Waals surface area contributed by atoms with Crippen molar-refractivity contribution in [3.05, 3.63) is 24.3 Å². The topological polar surface area (TPSA) is 96.8 Å². The van der Waals surface area contributed by atoms with Crippen molar-refractivity contribution in [3.63, 3.8) is 0 Å². The first-order valence-corrected chi connectivity index (χ1v) is 6.05. The predicted molar refractivity (Wildman–Crippen MR) is 70.8 cm³/mol. The Bertz CT molecular complexity index is 402. The number of primary amides is 1. The number of methoxy groups -OCH3 is 1. The van der Waals surface area contributed by atoms with E-state index in [2.05, 4.69) is 0 Å². The van der Waals surface area contributed by atoms with Crippen molar-refractivity contribution in [1.82, 2.24) is 0 Å². The Morgan fingerprint density at radius 2 is 1.84 bits per heavy atom. The van der Waals surface area contributed by atoms with E-state index in [4.69, 9.17) is 25.7 Å². The van der Waals surface area contributed by atoms with Crippen LogP contribution in [0.2, 0.25) is 0 Å². The molecular formula is C13H20N2O4. The summed E-state index contributed by atoms with van der Waals surface area (Å²) in [6.07, 6.45) is 0.310. The number of rotatable bonds is 8. The molecule has 19 heavy (non-hydrogen) atoms. The first-order valence-electron chi connectivity index (χ1n) is 6.05. The highest BCUT2D eigenvalue weighted by Gasteiger charge is 2.37. The van der Waals surface area contributed by atoms with Gasteiger partial charge in [0.1, 0.15) is 18.1 Å². The van der Waals surface area contributed by atoms with E-state index in [1.807, 2.05) is 0 Å². The number of carbonyl (C=O) groups excluding carboxylic acids is 1. The normalized spacial score (nSPS) is 13.6. The minimum Gasteiger partial charge on any atom is -0.492 e. The maximum absolute atomic E-state index is 11.4. The number of hydrogen-bond acceptors (Lipinski definition) is 5. The second-order valence-electron chi connectivity index (χ2n) is 3.89. The Balaban J connectivity index is 2.78. The minimum atomic E-state index is -1.44. The second kappa shape index (κ2) is 6.96. The van der Waals surface area contributed by atoms with E-state index in [1.54, 1.807) is 31.2 Å². The van der Waals surface area contributed by atoms with Gasteiger partial charge in [-0.1, -0.05) is 6.92 Å². The summed E-state index contributed by atoms with van der Waals surface area (Å²) in [5.74, 6) is -0.959. The molecule has 6 heteroatoms. The zero-order valence-corrected chi connectivity index (χ0v) is 11.2. The van der Waals surface area contributed by atoms with Crippen molar-refractivity contribution in [2.75, 3.05) is 20.3 Å². The lowest BCUT2D eigenvalue weighted by molar-refractivity contribution is -0.183. The van der Waals surface area contributed by atoms with Crippen LogP contribution in [0.3, 0.4) is 0 Å². The molecule has 0 heterocycles. The highest BCUT2D eigenvalue weighted by molar-refractivity contribution is 5.82. The van der Waals surface area contributed by atoms with Crippen molar-refractivity contribution >= 4 is 5.91 Å². The molecule has 4 N–H and O–H groups in total. The summed E-state index contributed by atoms with van der Waals surface area (Å²) in [5, 5.41) is 0. The molecule has 0 saturated carbocycles. The molecule has 1 rings (SSSR count). The maximum atomic E-state index is 11.4. The number of nitrogens with two attached hydrogens (primary N) is 2. The molecule has 0 saturated heterocycles. The van der Waals surface area contributed by atoms with Crippen LogP contribution in [0, 0.1) is 0 Å². The highest BCUT2D eigenvalue weighted by atomic mass is 16.7. The van der Waals surface area contributed by atoms with Gasteiger partial charge in [0.15, 0.2) is 0 Å². The lowest BCUT2D eigenvalue weighted by atomic mass is 10.2. The number of amides is 1. The molecule has 0 aliphatic carbocycles. The maximum Gasteiger partial charge on any atom is 0.290 e. The van der Waals surface area contributed by atoms with Crippen molar-refractivity contribution in [3.8, 4) is 11.5 Å². The Hall–Kier alpha value is -1.79. The fraction of sp³-hybridized carbons (Fsp3) is 0.462. The quantitative estimate of drug-likeness (QED) is 0.674. The van der Waals surface area contributed by atoms with Crippen LogP contribution in [0.5, 0.6) is 11.5 Å². The molecule has 1 amide bonds. The molecule has 1 atom stereocenters. The lowest BCUT2D eigenvalue weighted by Gasteiger charge is -2.28. The Morgan fingerprint density at radius 3 is 2.26 bits per heavy atom. The average molecular weight is 268 g/mol. The van der Waals surface area contributed by atoms with Gasteiger partial charge in [-0.2, -0.15) is 0 Å². The molecule has 0 aliphatic rings. The molecule has 6 nitrogen and oxygen atoms in total. The summed E-state index contributed by atoms with van der Waals surface area (Å²) in [4.78, 5) is 11.4. The third-order valence-electron chi connectivity index (χ3n) is 2.66. The Morgan fingerprint density at radius 1 is 1.26 bits per heavy atom. The van der Waals surface area contributed by atoms with Gasteiger partial charge in [0.05, 0.1) is 0 Å². The lowest BCUT2D eigenvalue weighted by Crippen LogP contribution is -2.50. The third kappa shape index (κ3) is 3.84. The van der Waals surface area contributed by atoms with Gasteiger partial charge in [-0.05, 0) is 24.3 Å². The summed E-state index contributed by atoms with van der Waals surface area (Å²) in [6.45, 7) is 2.65. The Labute approximate surface area is 112 Å². The van der Waals surface area contributed by atoms with E-state index < -0.39 is 11.7 Å². The summed E-state index contributed by atoms with van der Waals surface area (Å²) in [7, 11) is 1.38. The van der Waals surface area contributed by atoms with Crippen LogP contribution in [-0.4, -0.2) is 32.0 Å². The number of hydrogen-bond donors (Lipinski definition) is 2. The van der Waals surface area contributed by atoms with Gasteiger partial charge in [0.25, 0.3) is 11.7 Å². The molecule has 1 aromatic carbocycles. The van der Waals surface area contributed by atoms with E-state index in [-0.39, 0.29) is 0 Å². The van der Waals surface area contributed by atoms with Crippen molar-refractivity contribution in [2.45, 2.75) is 19.1 Å². The van der Waals surface area contributed by atoms with Crippen molar-refractivity contribution < 1.29 is 19.0 Å². The minimum absolute atomic E-state index is 0.310. The molecule has 0 fully saturated rings. The van der Waals surface area contributed by atoms with Crippen LogP contribution in [0.15, 0.2) is 24.3 Å². The molecular weight excluding hydrogens is 248 g/mol. The third-order valence-corrected chi connectivity index (χ3v) is 2.66. The first-order chi connectivity index (χ1) is 9.07. The molecule has 0 radical (unpaired) electrons. The van der Waals surface area contributed by atoms with Crippen LogP contribution in [0.25, 0.3) is 0 Å². The SMILES string of the molecule is CCC(OC)(Oc1ccc(OCCN)cc1)C(N)=O. The van der Waals surface area contributed by atoms with Crippen LogP contribution >= 0.6 is 0 Å². The molecule has 106 valence electrons. The molecule has 0 aromatic heterocycles. The highest BCUT2D eigenvalue weighted by Crippen LogP contribution is 2.24. The van der Waals surface area contributed by atoms with Crippen molar-refractivity contribution in [2.24, 2.45) is 11.5 Å². The van der Waals surface area contributed by atoms with Gasteiger partial charge < -0.3 is 25.7 Å². The second-order valence-corrected chi connectivity index (χ2v) is 3.89. The summed E-state index contributed by atoms with van der Waals surface area (Å²) >= 11 is 0. The molecule has 0 bridgehead atoms. The van der Waals surface area contributed by atoms with Gasteiger partial charge in [-0.15, -0.1) is 0 Å². The van der Waals surface area contributed by atoms with E-state index in [0.29, 0.717) is 31.1 Å². The van der Waals surface area contributed by atoms with E-state index in [1.165, 1.54) is 7.11 Å². The van der Waals surface area contributed by atoms with Crippen LogP contribution in [-0.2, 0) is 9.53 Å². The fourth-order valence-electron chi connectivity index (χ4n) is 1.55. The zero-order chi connectivity index (χ0) is 14.3. The van der Waals surface area contributed by atoms with Gasteiger partial charge in [-0.25, -0.2) is 0 Å². The van der Waals surface area contributed by atoms with Crippen LogP contribution in [0.1, 0.15) is 13.3 Å². The van der Waals surface area contributed by atoms with Gasteiger partial charge in [0, 0.05) is 20.1 Å². The van der Waals surface area contributed by atoms with E-state index >= 15 is 0 Å². The molecule has 0 spiro atoms. The van der Waals surface area contributed by atoms with E-state index in [9.17, 15) is 4.79 Å². The number of benzene rings is 1. The van der Waals surface area contributed by atoms with Crippen molar-refractivity contribution in [1.29, 1.82) is 0 Å². The number of ether oxygens (including phenoxy) is 3. The largest absolute Gasteiger partial charge is 0.492 e. The smallest absolute Gasteiger partial charge is 0.290 e. The Kier molecular flexibility index (Phi) is 5.59. The average Bonchev–Trinajstić information content (AvgIpc) is 2.43. The zero-order valence-electron chi connectivity index (χ0n) is 11.2.